The SMILES string of the molecule is NC(=NCc1ccc(OC(F)(F)F)cc1)NCc1nc(C(F)(F)F)cs1. The van der Waals surface area contributed by atoms with Crippen LogP contribution in [0.3, 0.4) is 0 Å². The number of nitrogens with one attached hydrogen (secondary N) is 1. The summed E-state index contributed by atoms with van der Waals surface area (Å²) in [5.74, 6) is -0.398. The van der Waals surface area contributed by atoms with Gasteiger partial charge in [-0.2, -0.15) is 13.2 Å². The van der Waals surface area contributed by atoms with E-state index >= 15 is 0 Å². The van der Waals surface area contributed by atoms with Crippen LogP contribution in [0.5, 0.6) is 5.75 Å². The summed E-state index contributed by atoms with van der Waals surface area (Å²) in [5.41, 5.74) is 5.19. The number of hydrogen-bond donors (Lipinski definition) is 2. The fourth-order valence-electron chi connectivity index (χ4n) is 1.72. The number of ether oxygens (including phenoxy) is 1. The van der Waals surface area contributed by atoms with Gasteiger partial charge < -0.3 is 15.8 Å². The lowest BCUT2D eigenvalue weighted by Crippen LogP contribution is -2.31. The predicted molar refractivity (Wildman–Crippen MR) is 82.4 cm³/mol. The van der Waals surface area contributed by atoms with Crippen molar-refractivity contribution in [3.63, 3.8) is 0 Å². The molecule has 0 aliphatic rings. The Balaban J connectivity index is 1.85. The van der Waals surface area contributed by atoms with Gasteiger partial charge in [0.1, 0.15) is 10.8 Å². The molecule has 0 aliphatic carbocycles. The van der Waals surface area contributed by atoms with Crippen LogP contribution in [-0.2, 0) is 19.3 Å². The van der Waals surface area contributed by atoms with Gasteiger partial charge in [0.15, 0.2) is 11.7 Å². The van der Waals surface area contributed by atoms with Crippen molar-refractivity contribution in [1.82, 2.24) is 10.3 Å². The van der Waals surface area contributed by atoms with Crippen LogP contribution in [-0.4, -0.2) is 17.3 Å². The minimum Gasteiger partial charge on any atom is -0.406 e. The Morgan fingerprint density at radius 2 is 1.81 bits per heavy atom. The molecule has 5 nitrogen and oxygen atoms in total. The van der Waals surface area contributed by atoms with Gasteiger partial charge in [0.05, 0.1) is 13.1 Å². The third-order valence-electron chi connectivity index (χ3n) is 2.85. The topological polar surface area (TPSA) is 72.5 Å². The molecule has 142 valence electrons. The second-order valence-corrected chi connectivity index (χ2v) is 5.81. The summed E-state index contributed by atoms with van der Waals surface area (Å²) in [6.07, 6.45) is -9.27. The lowest BCUT2D eigenvalue weighted by Gasteiger charge is -2.09. The predicted octanol–water partition coefficient (Wildman–Crippen LogP) is 3.67. The smallest absolute Gasteiger partial charge is 0.406 e. The largest absolute Gasteiger partial charge is 0.573 e. The zero-order chi connectivity index (χ0) is 19.4. The summed E-state index contributed by atoms with van der Waals surface area (Å²) in [6, 6.07) is 5.04. The summed E-state index contributed by atoms with van der Waals surface area (Å²) >= 11 is 0.829. The van der Waals surface area contributed by atoms with Gasteiger partial charge in [-0.3, -0.25) is 0 Å². The minimum atomic E-state index is -4.77. The molecular formula is C14H12F6N4OS. The van der Waals surface area contributed by atoms with Crippen LogP contribution >= 0.6 is 11.3 Å². The Labute approximate surface area is 147 Å². The molecule has 1 heterocycles. The zero-order valence-electron chi connectivity index (χ0n) is 12.9. The lowest BCUT2D eigenvalue weighted by molar-refractivity contribution is -0.274. The molecule has 0 aliphatic heterocycles. The number of benzene rings is 1. The molecule has 2 aromatic rings. The van der Waals surface area contributed by atoms with Crippen molar-refractivity contribution in [3.8, 4) is 5.75 Å². The highest BCUT2D eigenvalue weighted by atomic mass is 32.1. The maximum Gasteiger partial charge on any atom is 0.573 e. The fourth-order valence-corrected chi connectivity index (χ4v) is 2.46. The first-order chi connectivity index (χ1) is 12.0. The second-order valence-electron chi connectivity index (χ2n) is 4.87. The number of rotatable bonds is 5. The normalized spacial score (nSPS) is 12.9. The standard InChI is InChI=1S/C14H12F6N4OS/c15-13(16,17)10-7-26-11(24-10)6-23-12(21)22-5-8-1-3-9(4-2-8)25-14(18,19)20/h1-4,7H,5-6H2,(H3,21,22,23). The van der Waals surface area contributed by atoms with Crippen molar-refractivity contribution in [3.05, 3.63) is 45.9 Å². The van der Waals surface area contributed by atoms with E-state index in [0.717, 1.165) is 28.8 Å². The van der Waals surface area contributed by atoms with Gasteiger partial charge in [-0.1, -0.05) is 12.1 Å². The molecule has 0 bridgehead atoms. The highest BCUT2D eigenvalue weighted by molar-refractivity contribution is 7.09. The highest BCUT2D eigenvalue weighted by Gasteiger charge is 2.33. The lowest BCUT2D eigenvalue weighted by atomic mass is 10.2. The molecule has 0 atom stereocenters. The fraction of sp³-hybridized carbons (Fsp3) is 0.286. The molecule has 0 fully saturated rings. The molecular weight excluding hydrogens is 386 g/mol. The summed E-state index contributed by atoms with van der Waals surface area (Å²) in [7, 11) is 0. The molecule has 0 unspecified atom stereocenters. The Kier molecular flexibility index (Phi) is 5.95. The van der Waals surface area contributed by atoms with Gasteiger partial charge in [0.2, 0.25) is 0 Å². The van der Waals surface area contributed by atoms with Crippen LogP contribution in [0.25, 0.3) is 0 Å². The van der Waals surface area contributed by atoms with E-state index in [9.17, 15) is 26.3 Å². The third kappa shape index (κ3) is 6.43. The number of halogens is 6. The Hall–Kier alpha value is -2.50. The number of nitrogens with two attached hydrogens (primary N) is 1. The quantitative estimate of drug-likeness (QED) is 0.458. The van der Waals surface area contributed by atoms with E-state index in [0.29, 0.717) is 5.56 Å². The Morgan fingerprint density at radius 3 is 2.35 bits per heavy atom. The molecule has 12 heteroatoms. The van der Waals surface area contributed by atoms with Gasteiger partial charge >= 0.3 is 12.5 Å². The van der Waals surface area contributed by atoms with Crippen LogP contribution < -0.4 is 15.8 Å². The average Bonchev–Trinajstić information content (AvgIpc) is 3.00. The van der Waals surface area contributed by atoms with Crippen LogP contribution in [0, 0.1) is 0 Å². The number of alkyl halides is 6. The van der Waals surface area contributed by atoms with E-state index in [1.807, 2.05) is 0 Å². The number of thiazole rings is 1. The van der Waals surface area contributed by atoms with E-state index in [1.54, 1.807) is 0 Å². The molecule has 0 amide bonds. The van der Waals surface area contributed by atoms with Crippen molar-refractivity contribution in [2.75, 3.05) is 0 Å². The van der Waals surface area contributed by atoms with Crippen molar-refractivity contribution in [2.45, 2.75) is 25.6 Å². The molecule has 0 saturated heterocycles. The van der Waals surface area contributed by atoms with E-state index in [2.05, 4.69) is 20.0 Å². The number of nitrogens with zero attached hydrogens (tertiary/aromatic N) is 2. The van der Waals surface area contributed by atoms with Crippen molar-refractivity contribution in [1.29, 1.82) is 0 Å². The second kappa shape index (κ2) is 7.81. The van der Waals surface area contributed by atoms with Gasteiger partial charge in [-0.05, 0) is 17.7 Å². The highest BCUT2D eigenvalue weighted by Crippen LogP contribution is 2.29. The first kappa shape index (κ1) is 19.8. The summed E-state index contributed by atoms with van der Waals surface area (Å²) in [6.45, 7) is 0.0330. The molecule has 1 aromatic carbocycles. The number of hydrogen-bond acceptors (Lipinski definition) is 4. The average molecular weight is 398 g/mol. The van der Waals surface area contributed by atoms with Crippen molar-refractivity contribution < 1.29 is 31.1 Å². The third-order valence-corrected chi connectivity index (χ3v) is 3.70. The molecule has 0 spiro atoms. The van der Waals surface area contributed by atoms with Gasteiger partial charge in [0.25, 0.3) is 0 Å². The first-order valence-corrected chi connectivity index (χ1v) is 7.81. The van der Waals surface area contributed by atoms with Crippen LogP contribution in [0.4, 0.5) is 26.3 Å². The van der Waals surface area contributed by atoms with Crippen molar-refractivity contribution >= 4 is 17.3 Å². The van der Waals surface area contributed by atoms with Gasteiger partial charge in [0, 0.05) is 5.38 Å². The molecule has 1 aromatic heterocycles. The molecule has 0 radical (unpaired) electrons. The Morgan fingerprint density at radius 1 is 1.15 bits per heavy atom. The summed E-state index contributed by atoms with van der Waals surface area (Å²) < 4.78 is 77.2. The van der Waals surface area contributed by atoms with Gasteiger partial charge in [-0.15, -0.1) is 24.5 Å². The number of aliphatic imine (C=N–C) groups is 1. The zero-order valence-corrected chi connectivity index (χ0v) is 13.7. The maximum absolute atomic E-state index is 12.4. The van der Waals surface area contributed by atoms with Crippen LogP contribution in [0.2, 0.25) is 0 Å². The van der Waals surface area contributed by atoms with E-state index < -0.39 is 18.2 Å². The molecule has 3 N–H and O–H groups in total. The van der Waals surface area contributed by atoms with E-state index in [1.165, 1.54) is 12.1 Å². The summed E-state index contributed by atoms with van der Waals surface area (Å²) in [5, 5.41) is 3.69. The first-order valence-electron chi connectivity index (χ1n) is 6.93. The van der Waals surface area contributed by atoms with Crippen molar-refractivity contribution in [2.24, 2.45) is 10.7 Å². The Bertz CT molecular complexity index is 754. The van der Waals surface area contributed by atoms with E-state index in [4.69, 9.17) is 5.73 Å². The molecule has 0 saturated carbocycles. The monoisotopic (exact) mass is 398 g/mol. The van der Waals surface area contributed by atoms with Crippen LogP contribution in [0.15, 0.2) is 34.6 Å². The van der Waals surface area contributed by atoms with E-state index in [-0.39, 0.29) is 29.8 Å². The van der Waals surface area contributed by atoms with Crippen LogP contribution in [0.1, 0.15) is 16.3 Å². The van der Waals surface area contributed by atoms with Gasteiger partial charge in [-0.25, -0.2) is 9.98 Å². The maximum atomic E-state index is 12.4. The summed E-state index contributed by atoms with van der Waals surface area (Å²) in [4.78, 5) is 7.37. The number of aromatic nitrogens is 1. The minimum absolute atomic E-state index is 0.0333. The number of guanidine groups is 1. The molecule has 26 heavy (non-hydrogen) atoms. The molecule has 2 rings (SSSR count).